The Bertz CT molecular complexity index is 955. The molecule has 180 valence electrons. The molecule has 0 bridgehead atoms. The third kappa shape index (κ3) is 5.94. The van der Waals surface area contributed by atoms with Gasteiger partial charge in [-0.2, -0.15) is 0 Å². The van der Waals surface area contributed by atoms with Gasteiger partial charge < -0.3 is 15.0 Å². The first-order valence-corrected chi connectivity index (χ1v) is 10.9. The summed E-state index contributed by atoms with van der Waals surface area (Å²) >= 11 is 0. The summed E-state index contributed by atoms with van der Waals surface area (Å²) in [6.45, 7) is 3.50. The molecule has 3 atom stereocenters. The molecular weight excluding hydrogens is 440 g/mol. The van der Waals surface area contributed by atoms with Gasteiger partial charge in [0.05, 0.1) is 0 Å². The third-order valence-electron chi connectivity index (χ3n) is 6.37. The molecule has 33 heavy (non-hydrogen) atoms. The van der Waals surface area contributed by atoms with Gasteiger partial charge in [0, 0.05) is 36.5 Å². The van der Waals surface area contributed by atoms with Crippen molar-refractivity contribution in [1.82, 2.24) is 10.2 Å². The normalized spacial score (nSPS) is 25.2. The van der Waals surface area contributed by atoms with Crippen LogP contribution >= 0.6 is 0 Å². The lowest BCUT2D eigenvalue weighted by Gasteiger charge is -2.30. The van der Waals surface area contributed by atoms with Gasteiger partial charge >= 0.3 is 6.36 Å². The Morgan fingerprint density at radius 2 is 1.88 bits per heavy atom. The highest BCUT2D eigenvalue weighted by Gasteiger charge is 2.37. The SMILES string of the molecule is CCC(=O)N[C@H]1CC[C@@H](N(C)C(=O)c2ccc(C3(C)C=C(F)C(OC(F)(F)F)=CC3)cc2)C1. The number of amides is 2. The average molecular weight is 468 g/mol. The smallest absolute Gasteiger partial charge is 0.403 e. The Morgan fingerprint density at radius 3 is 2.45 bits per heavy atom. The van der Waals surface area contributed by atoms with E-state index >= 15 is 0 Å². The van der Waals surface area contributed by atoms with Crippen LogP contribution in [0.15, 0.2) is 48.0 Å². The number of hydrogen-bond donors (Lipinski definition) is 1. The highest BCUT2D eigenvalue weighted by molar-refractivity contribution is 5.94. The maximum absolute atomic E-state index is 14.3. The molecular formula is C24H28F4N2O3. The van der Waals surface area contributed by atoms with Crippen molar-refractivity contribution >= 4 is 11.8 Å². The van der Waals surface area contributed by atoms with Crippen LogP contribution in [-0.4, -0.2) is 42.2 Å². The second-order valence-corrected chi connectivity index (χ2v) is 8.81. The third-order valence-corrected chi connectivity index (χ3v) is 6.37. The number of alkyl halides is 3. The molecule has 9 heteroatoms. The van der Waals surface area contributed by atoms with E-state index in [1.54, 1.807) is 50.1 Å². The van der Waals surface area contributed by atoms with E-state index in [2.05, 4.69) is 10.1 Å². The van der Waals surface area contributed by atoms with Crippen LogP contribution < -0.4 is 5.32 Å². The van der Waals surface area contributed by atoms with Crippen molar-refractivity contribution in [2.75, 3.05) is 7.05 Å². The first-order chi connectivity index (χ1) is 15.4. The maximum Gasteiger partial charge on any atom is 0.573 e. The summed E-state index contributed by atoms with van der Waals surface area (Å²) in [6, 6.07) is 6.74. The Kier molecular flexibility index (Phi) is 7.19. The molecule has 0 heterocycles. The number of ether oxygens (including phenoxy) is 1. The Morgan fingerprint density at radius 1 is 1.21 bits per heavy atom. The molecule has 0 radical (unpaired) electrons. The lowest BCUT2D eigenvalue weighted by molar-refractivity contribution is -0.305. The molecule has 1 unspecified atom stereocenters. The fourth-order valence-corrected chi connectivity index (χ4v) is 4.36. The van der Waals surface area contributed by atoms with Crippen molar-refractivity contribution in [2.24, 2.45) is 0 Å². The van der Waals surface area contributed by atoms with Crippen molar-refractivity contribution in [1.29, 1.82) is 0 Å². The zero-order chi connectivity index (χ0) is 24.4. The predicted molar refractivity (Wildman–Crippen MR) is 115 cm³/mol. The summed E-state index contributed by atoms with van der Waals surface area (Å²) in [7, 11) is 1.73. The lowest BCUT2D eigenvalue weighted by Crippen LogP contribution is -2.38. The summed E-state index contributed by atoms with van der Waals surface area (Å²) in [6.07, 6.45) is 0.0909. The van der Waals surface area contributed by atoms with E-state index in [9.17, 15) is 27.2 Å². The minimum absolute atomic E-state index is 0.00107. The molecule has 0 saturated heterocycles. The van der Waals surface area contributed by atoms with Crippen LogP contribution in [0.2, 0.25) is 0 Å². The van der Waals surface area contributed by atoms with Gasteiger partial charge in [-0.05, 0) is 55.5 Å². The fourth-order valence-electron chi connectivity index (χ4n) is 4.36. The first kappa shape index (κ1) is 24.8. The molecule has 2 aliphatic rings. The minimum Gasteiger partial charge on any atom is -0.403 e. The molecule has 3 rings (SSSR count). The highest BCUT2D eigenvalue weighted by atomic mass is 19.4. The Labute approximate surface area is 190 Å². The van der Waals surface area contributed by atoms with Crippen molar-refractivity contribution < 1.29 is 31.9 Å². The van der Waals surface area contributed by atoms with E-state index in [1.165, 1.54) is 0 Å². The summed E-state index contributed by atoms with van der Waals surface area (Å²) in [5.74, 6) is -2.07. The zero-order valence-corrected chi connectivity index (χ0v) is 18.8. The zero-order valence-electron chi connectivity index (χ0n) is 18.8. The number of benzene rings is 1. The monoisotopic (exact) mass is 468 g/mol. The van der Waals surface area contributed by atoms with E-state index in [0.29, 0.717) is 24.0 Å². The quantitative estimate of drug-likeness (QED) is 0.588. The summed E-state index contributed by atoms with van der Waals surface area (Å²) in [5, 5.41) is 2.97. The largest absolute Gasteiger partial charge is 0.573 e. The van der Waals surface area contributed by atoms with Crippen molar-refractivity contribution in [2.45, 2.75) is 69.8 Å². The predicted octanol–water partition coefficient (Wildman–Crippen LogP) is 5.14. The summed E-state index contributed by atoms with van der Waals surface area (Å²) < 4.78 is 55.2. The number of halogens is 4. The van der Waals surface area contributed by atoms with E-state index < -0.39 is 23.4 Å². The number of hydrogen-bond acceptors (Lipinski definition) is 3. The molecule has 1 N–H and O–H groups in total. The number of carbonyl (C=O) groups is 2. The Balaban J connectivity index is 1.65. The maximum atomic E-state index is 14.3. The van der Waals surface area contributed by atoms with Crippen molar-refractivity contribution in [3.05, 3.63) is 59.1 Å². The Hall–Kier alpha value is -2.84. The molecule has 0 aliphatic heterocycles. The van der Waals surface area contributed by atoms with Gasteiger partial charge in [-0.3, -0.25) is 9.59 Å². The standard InChI is InChI=1S/C24H28F4N2O3/c1-4-21(31)29-17-9-10-18(13-17)30(3)22(32)15-5-7-16(8-6-15)23(2)12-11-20(19(25)14-23)33-24(26,27)28/h5-8,11,14,17-18H,4,9-10,12-13H2,1-3H3,(H,29,31)/t17-,18+,23?/m0/s1. The number of nitrogens with one attached hydrogen (secondary N) is 1. The molecule has 2 amide bonds. The second kappa shape index (κ2) is 9.57. The van der Waals surface area contributed by atoms with Crippen LogP contribution in [-0.2, 0) is 14.9 Å². The van der Waals surface area contributed by atoms with E-state index in [1.807, 2.05) is 0 Å². The fraction of sp³-hybridized carbons (Fsp3) is 0.500. The van der Waals surface area contributed by atoms with E-state index in [-0.39, 0.29) is 30.3 Å². The van der Waals surface area contributed by atoms with Gasteiger partial charge in [-0.15, -0.1) is 13.2 Å². The second-order valence-electron chi connectivity index (χ2n) is 8.81. The molecule has 0 aromatic heterocycles. The molecule has 1 fully saturated rings. The van der Waals surface area contributed by atoms with Gasteiger partial charge in [0.25, 0.3) is 5.91 Å². The van der Waals surface area contributed by atoms with Crippen LogP contribution in [0.3, 0.4) is 0 Å². The number of rotatable bonds is 6. The van der Waals surface area contributed by atoms with Gasteiger partial charge in [0.1, 0.15) is 0 Å². The van der Waals surface area contributed by atoms with Crippen LogP contribution in [0, 0.1) is 0 Å². The summed E-state index contributed by atoms with van der Waals surface area (Å²) in [5.41, 5.74) is 0.261. The van der Waals surface area contributed by atoms with E-state index in [0.717, 1.165) is 25.0 Å². The number of allylic oxidation sites excluding steroid dienone is 3. The highest BCUT2D eigenvalue weighted by Crippen LogP contribution is 2.39. The van der Waals surface area contributed by atoms with Crippen molar-refractivity contribution in [3.63, 3.8) is 0 Å². The lowest BCUT2D eigenvalue weighted by atomic mass is 9.76. The summed E-state index contributed by atoms with van der Waals surface area (Å²) in [4.78, 5) is 26.2. The van der Waals surface area contributed by atoms with Gasteiger partial charge in [-0.1, -0.05) is 26.0 Å². The molecule has 5 nitrogen and oxygen atoms in total. The van der Waals surface area contributed by atoms with Gasteiger partial charge in [0.15, 0.2) is 11.6 Å². The average Bonchev–Trinajstić information content (AvgIpc) is 3.22. The van der Waals surface area contributed by atoms with Crippen LogP contribution in [0.5, 0.6) is 0 Å². The van der Waals surface area contributed by atoms with Gasteiger partial charge in [0.2, 0.25) is 5.91 Å². The van der Waals surface area contributed by atoms with Crippen LogP contribution in [0.25, 0.3) is 0 Å². The van der Waals surface area contributed by atoms with Crippen LogP contribution in [0.4, 0.5) is 17.6 Å². The molecule has 2 aliphatic carbocycles. The molecule has 1 aromatic rings. The van der Waals surface area contributed by atoms with Crippen molar-refractivity contribution in [3.8, 4) is 0 Å². The van der Waals surface area contributed by atoms with E-state index in [4.69, 9.17) is 0 Å². The topological polar surface area (TPSA) is 58.6 Å². The molecule has 1 saturated carbocycles. The molecule has 1 aromatic carbocycles. The number of nitrogens with zero attached hydrogens (tertiary/aromatic N) is 1. The molecule has 0 spiro atoms. The van der Waals surface area contributed by atoms with Crippen LogP contribution in [0.1, 0.15) is 61.9 Å². The first-order valence-electron chi connectivity index (χ1n) is 10.9. The number of carbonyl (C=O) groups excluding carboxylic acids is 2. The van der Waals surface area contributed by atoms with Gasteiger partial charge in [-0.25, -0.2) is 4.39 Å². The minimum atomic E-state index is -4.96.